The van der Waals surface area contributed by atoms with E-state index in [1.54, 1.807) is 58.2 Å². The molecule has 0 unspecified atom stereocenters. The van der Waals surface area contributed by atoms with Gasteiger partial charge >= 0.3 is 12.1 Å². The largest absolute Gasteiger partial charge is 0.464 e. The van der Waals surface area contributed by atoms with Crippen LogP contribution in [-0.2, 0) is 31.0 Å². The van der Waals surface area contributed by atoms with Crippen molar-refractivity contribution in [1.82, 2.24) is 4.57 Å². The SMILES string of the molecule is CCOC(=O)[C@@H](O)[C@@]1(c2cn(Cc3ccccc3)c3ccccc23)C(=O)N(C(=O)OC(C)(C)C)c2ccccc21. The molecule has 40 heavy (non-hydrogen) atoms. The Morgan fingerprint density at radius 1 is 0.925 bits per heavy atom. The highest BCUT2D eigenvalue weighted by Gasteiger charge is 2.62. The van der Waals surface area contributed by atoms with Crippen LogP contribution in [0.1, 0.15) is 44.4 Å². The van der Waals surface area contributed by atoms with Gasteiger partial charge in [-0.25, -0.2) is 14.5 Å². The van der Waals surface area contributed by atoms with Gasteiger partial charge in [0.05, 0.1) is 12.3 Å². The van der Waals surface area contributed by atoms with Gasteiger partial charge in [0.15, 0.2) is 6.10 Å². The quantitative estimate of drug-likeness (QED) is 0.339. The summed E-state index contributed by atoms with van der Waals surface area (Å²) in [5, 5.41) is 12.4. The number of hydrogen-bond donors (Lipinski definition) is 1. The minimum atomic E-state index is -1.97. The smallest absolute Gasteiger partial charge is 0.421 e. The molecule has 4 aromatic rings. The number of nitrogens with zero attached hydrogens (tertiary/aromatic N) is 2. The molecule has 0 aliphatic carbocycles. The van der Waals surface area contributed by atoms with Crippen LogP contribution in [0, 0.1) is 0 Å². The summed E-state index contributed by atoms with van der Waals surface area (Å²) in [5.74, 6) is -1.75. The van der Waals surface area contributed by atoms with Crippen LogP contribution in [0.2, 0.25) is 0 Å². The van der Waals surface area contributed by atoms with Gasteiger partial charge in [-0.3, -0.25) is 4.79 Å². The van der Waals surface area contributed by atoms with Crippen molar-refractivity contribution in [2.24, 2.45) is 0 Å². The Morgan fingerprint density at radius 2 is 1.57 bits per heavy atom. The number of aliphatic hydroxyl groups is 1. The number of benzene rings is 3. The van der Waals surface area contributed by atoms with Crippen LogP contribution in [0.25, 0.3) is 10.9 Å². The monoisotopic (exact) mass is 540 g/mol. The Bertz CT molecular complexity index is 1590. The first-order valence-corrected chi connectivity index (χ1v) is 13.2. The molecule has 1 aromatic heterocycles. The molecule has 5 rings (SSSR count). The summed E-state index contributed by atoms with van der Waals surface area (Å²) in [4.78, 5) is 42.2. The van der Waals surface area contributed by atoms with E-state index >= 15 is 0 Å². The van der Waals surface area contributed by atoms with Crippen LogP contribution in [0.15, 0.2) is 85.1 Å². The Balaban J connectivity index is 1.79. The van der Waals surface area contributed by atoms with E-state index in [4.69, 9.17) is 9.47 Å². The Kier molecular flexibility index (Phi) is 6.98. The molecule has 1 aliphatic rings. The molecule has 0 radical (unpaired) electrons. The van der Waals surface area contributed by atoms with Crippen LogP contribution in [0.5, 0.6) is 0 Å². The lowest BCUT2D eigenvalue weighted by Gasteiger charge is -2.32. The van der Waals surface area contributed by atoms with Gasteiger partial charge in [-0.15, -0.1) is 0 Å². The van der Waals surface area contributed by atoms with Crippen molar-refractivity contribution in [1.29, 1.82) is 0 Å². The van der Waals surface area contributed by atoms with E-state index < -0.39 is 35.1 Å². The maximum atomic E-state index is 14.6. The lowest BCUT2D eigenvalue weighted by Crippen LogP contribution is -2.54. The van der Waals surface area contributed by atoms with Crippen LogP contribution in [0.4, 0.5) is 10.5 Å². The van der Waals surface area contributed by atoms with Gasteiger partial charge < -0.3 is 19.1 Å². The molecule has 8 nitrogen and oxygen atoms in total. The van der Waals surface area contributed by atoms with Gasteiger partial charge in [0.25, 0.3) is 5.91 Å². The summed E-state index contributed by atoms with van der Waals surface area (Å²) in [6.45, 7) is 7.23. The molecule has 0 fully saturated rings. The number of amides is 2. The van der Waals surface area contributed by atoms with E-state index in [0.29, 0.717) is 23.1 Å². The molecule has 3 aromatic carbocycles. The highest BCUT2D eigenvalue weighted by atomic mass is 16.6. The predicted octanol–water partition coefficient (Wildman–Crippen LogP) is 5.18. The third kappa shape index (κ3) is 4.44. The molecular formula is C32H32N2O6. The zero-order chi connectivity index (χ0) is 28.7. The summed E-state index contributed by atoms with van der Waals surface area (Å²) in [6.07, 6.45) is -1.05. The standard InChI is InChI=1S/C32H32N2O6/c1-5-39-28(36)27(35)32(23-16-10-12-18-26(23)34(29(32)37)30(38)40-31(2,3)4)24-20-33(19-21-13-7-6-8-14-21)25-17-11-9-15-22(24)25/h6-18,20,27,35H,5,19H2,1-4H3/t27-,32-/m1/s1. The van der Waals surface area contributed by atoms with Gasteiger partial charge in [-0.05, 0) is 51.0 Å². The molecule has 2 atom stereocenters. The number of fused-ring (bicyclic) bond motifs is 2. The van der Waals surface area contributed by atoms with Crippen LogP contribution < -0.4 is 4.90 Å². The number of aromatic nitrogens is 1. The number of anilines is 1. The van der Waals surface area contributed by atoms with Gasteiger partial charge in [0.2, 0.25) is 0 Å². The van der Waals surface area contributed by atoms with E-state index in [-0.39, 0.29) is 12.3 Å². The van der Waals surface area contributed by atoms with E-state index in [0.717, 1.165) is 16.0 Å². The third-order valence-electron chi connectivity index (χ3n) is 7.02. The van der Waals surface area contributed by atoms with Crippen molar-refractivity contribution >= 4 is 34.6 Å². The Hall–Kier alpha value is -4.43. The topological polar surface area (TPSA) is 98.1 Å². The van der Waals surface area contributed by atoms with Crippen LogP contribution in [-0.4, -0.2) is 46.0 Å². The molecule has 8 heteroatoms. The second-order valence-corrected chi connectivity index (χ2v) is 10.8. The number of para-hydroxylation sites is 2. The maximum absolute atomic E-state index is 14.6. The summed E-state index contributed by atoms with van der Waals surface area (Å²) >= 11 is 0. The predicted molar refractivity (Wildman–Crippen MR) is 151 cm³/mol. The lowest BCUT2D eigenvalue weighted by molar-refractivity contribution is -0.158. The van der Waals surface area contributed by atoms with Gasteiger partial charge in [0.1, 0.15) is 11.0 Å². The van der Waals surface area contributed by atoms with Crippen molar-refractivity contribution in [3.63, 3.8) is 0 Å². The normalized spacial score (nSPS) is 17.5. The summed E-state index contributed by atoms with van der Waals surface area (Å²) in [5.41, 5.74) is -0.0761. The van der Waals surface area contributed by atoms with Gasteiger partial charge in [0, 0.05) is 29.2 Å². The van der Waals surface area contributed by atoms with Crippen molar-refractivity contribution in [2.75, 3.05) is 11.5 Å². The van der Waals surface area contributed by atoms with E-state index in [1.165, 1.54) is 0 Å². The average molecular weight is 541 g/mol. The zero-order valence-electron chi connectivity index (χ0n) is 23.0. The second kappa shape index (κ2) is 10.3. The third-order valence-corrected chi connectivity index (χ3v) is 7.02. The number of carbonyl (C=O) groups excluding carboxylic acids is 3. The number of ether oxygens (including phenoxy) is 2. The number of hydrogen-bond acceptors (Lipinski definition) is 6. The van der Waals surface area contributed by atoms with Crippen molar-refractivity contribution in [3.8, 4) is 0 Å². The number of aliphatic hydroxyl groups excluding tert-OH is 1. The van der Waals surface area contributed by atoms with Crippen LogP contribution >= 0.6 is 0 Å². The summed E-state index contributed by atoms with van der Waals surface area (Å²) in [6, 6.07) is 24.0. The second-order valence-electron chi connectivity index (χ2n) is 10.8. The fourth-order valence-corrected chi connectivity index (χ4v) is 5.43. The van der Waals surface area contributed by atoms with E-state index in [2.05, 4.69) is 0 Å². The van der Waals surface area contributed by atoms with Crippen LogP contribution in [0.3, 0.4) is 0 Å². The number of imide groups is 1. The molecule has 1 aliphatic heterocycles. The molecule has 0 saturated carbocycles. The van der Waals surface area contributed by atoms with E-state index in [9.17, 15) is 19.5 Å². The average Bonchev–Trinajstić information content (AvgIpc) is 3.41. The molecule has 206 valence electrons. The molecule has 2 amide bonds. The highest BCUT2D eigenvalue weighted by Crippen LogP contribution is 2.51. The fraction of sp³-hybridized carbons (Fsp3) is 0.281. The van der Waals surface area contributed by atoms with Gasteiger partial charge in [-0.2, -0.15) is 0 Å². The molecule has 1 N–H and O–H groups in total. The first kappa shape index (κ1) is 27.1. The fourth-order valence-electron chi connectivity index (χ4n) is 5.43. The minimum Gasteiger partial charge on any atom is -0.464 e. The molecule has 0 spiro atoms. The lowest BCUT2D eigenvalue weighted by atomic mass is 9.71. The number of rotatable bonds is 6. The summed E-state index contributed by atoms with van der Waals surface area (Å²) in [7, 11) is 0. The zero-order valence-corrected chi connectivity index (χ0v) is 23.0. The van der Waals surface area contributed by atoms with Crippen molar-refractivity contribution < 1.29 is 29.0 Å². The van der Waals surface area contributed by atoms with Gasteiger partial charge in [-0.1, -0.05) is 66.7 Å². The number of carbonyl (C=O) groups is 3. The summed E-state index contributed by atoms with van der Waals surface area (Å²) < 4.78 is 12.8. The first-order chi connectivity index (χ1) is 19.1. The van der Waals surface area contributed by atoms with Crippen molar-refractivity contribution in [3.05, 3.63) is 102 Å². The molecular weight excluding hydrogens is 508 g/mol. The molecule has 2 heterocycles. The highest BCUT2D eigenvalue weighted by molar-refractivity contribution is 6.24. The van der Waals surface area contributed by atoms with E-state index in [1.807, 2.05) is 59.2 Å². The minimum absolute atomic E-state index is 0.00730. The molecule has 0 saturated heterocycles. The van der Waals surface area contributed by atoms with Crippen molar-refractivity contribution in [2.45, 2.75) is 51.4 Å². The first-order valence-electron chi connectivity index (χ1n) is 13.2. The number of esters is 1. The maximum Gasteiger partial charge on any atom is 0.421 e. The molecule has 0 bridgehead atoms. The Morgan fingerprint density at radius 3 is 2.27 bits per heavy atom. The Labute approximate surface area is 232 Å².